The number of rotatable bonds is 4. The van der Waals surface area contributed by atoms with Gasteiger partial charge >= 0.3 is 0 Å². The van der Waals surface area contributed by atoms with E-state index in [2.05, 4.69) is 22.6 Å². The molecule has 0 unspecified atom stereocenters. The highest BCUT2D eigenvalue weighted by Gasteiger charge is 2.13. The molecule has 3 rings (SSSR count). The molecule has 0 aliphatic heterocycles. The molecular weight excluding hydrogens is 296 g/mol. The van der Waals surface area contributed by atoms with Gasteiger partial charge in [0.1, 0.15) is 11.5 Å². The molecule has 0 saturated heterocycles. The van der Waals surface area contributed by atoms with Crippen molar-refractivity contribution in [2.24, 2.45) is 0 Å². The maximum absolute atomic E-state index is 5.20. The van der Waals surface area contributed by atoms with Gasteiger partial charge in [0.25, 0.3) is 0 Å². The molecule has 0 aliphatic rings. The molecule has 0 bridgehead atoms. The van der Waals surface area contributed by atoms with Gasteiger partial charge in [0.15, 0.2) is 5.16 Å². The minimum atomic E-state index is 0.580. The number of hydrogen-bond donors (Lipinski definition) is 2. The van der Waals surface area contributed by atoms with Crippen LogP contribution in [0.1, 0.15) is 0 Å². The summed E-state index contributed by atoms with van der Waals surface area (Å²) in [5.41, 5.74) is 3.82. The zero-order chi connectivity index (χ0) is 15.5. The molecule has 0 aliphatic carbocycles. The highest BCUT2D eigenvalue weighted by molar-refractivity contribution is 7.80. The summed E-state index contributed by atoms with van der Waals surface area (Å²) in [6, 6.07) is 15.6. The molecule has 1 N–H and O–H groups in total. The van der Waals surface area contributed by atoms with Crippen molar-refractivity contribution < 1.29 is 9.47 Å². The van der Waals surface area contributed by atoms with E-state index in [-0.39, 0.29) is 0 Å². The van der Waals surface area contributed by atoms with Crippen LogP contribution < -0.4 is 9.47 Å². The van der Waals surface area contributed by atoms with Gasteiger partial charge in [-0.05, 0) is 48.5 Å². The summed E-state index contributed by atoms with van der Waals surface area (Å²) >= 11 is 4.34. The summed E-state index contributed by atoms with van der Waals surface area (Å²) in [5.74, 6) is 1.64. The molecule has 1 aromatic heterocycles. The van der Waals surface area contributed by atoms with Crippen molar-refractivity contribution in [3.63, 3.8) is 0 Å². The first-order chi connectivity index (χ1) is 10.7. The molecule has 112 valence electrons. The molecule has 0 fully saturated rings. The summed E-state index contributed by atoms with van der Waals surface area (Å²) in [7, 11) is 3.30. The van der Waals surface area contributed by atoms with Crippen LogP contribution in [0.15, 0.2) is 53.7 Å². The molecule has 5 heteroatoms. The predicted octanol–water partition coefficient (Wildman–Crippen LogP) is 4.05. The number of ether oxygens (including phenoxy) is 2. The Balaban J connectivity index is 2.04. The Morgan fingerprint density at radius 1 is 0.818 bits per heavy atom. The molecule has 0 radical (unpaired) electrons. The number of nitrogens with zero attached hydrogens (tertiary/aromatic N) is 1. The maximum atomic E-state index is 5.20. The normalized spacial score (nSPS) is 10.5. The minimum Gasteiger partial charge on any atom is -0.497 e. The molecule has 0 spiro atoms. The zero-order valence-corrected chi connectivity index (χ0v) is 13.2. The van der Waals surface area contributed by atoms with Crippen LogP contribution in [0.3, 0.4) is 0 Å². The average Bonchev–Trinajstić information content (AvgIpc) is 2.97. The second-order valence-corrected chi connectivity index (χ2v) is 5.16. The Bertz CT molecular complexity index is 699. The monoisotopic (exact) mass is 312 g/mol. The Hall–Kier alpha value is -2.40. The first kappa shape index (κ1) is 14.5. The van der Waals surface area contributed by atoms with Crippen molar-refractivity contribution in [1.82, 2.24) is 9.97 Å². The number of benzene rings is 2. The van der Waals surface area contributed by atoms with Crippen molar-refractivity contribution in [1.29, 1.82) is 0 Å². The van der Waals surface area contributed by atoms with Crippen molar-refractivity contribution in [3.8, 4) is 34.0 Å². The van der Waals surface area contributed by atoms with Crippen LogP contribution in [-0.4, -0.2) is 24.2 Å². The van der Waals surface area contributed by atoms with Gasteiger partial charge in [-0.1, -0.05) is 0 Å². The number of methoxy groups -OCH3 is 2. The highest BCUT2D eigenvalue weighted by atomic mass is 32.1. The minimum absolute atomic E-state index is 0.580. The van der Waals surface area contributed by atoms with Gasteiger partial charge in [-0.25, -0.2) is 4.98 Å². The number of hydrogen-bond acceptors (Lipinski definition) is 4. The Kier molecular flexibility index (Phi) is 4.06. The highest BCUT2D eigenvalue weighted by Crippen LogP contribution is 2.32. The molecular formula is C17H16N2O2S. The predicted molar refractivity (Wildman–Crippen MR) is 89.8 cm³/mol. The van der Waals surface area contributed by atoms with Crippen LogP contribution >= 0.6 is 12.6 Å². The first-order valence-corrected chi connectivity index (χ1v) is 7.24. The third-order valence-electron chi connectivity index (χ3n) is 3.43. The van der Waals surface area contributed by atoms with Crippen LogP contribution in [0, 0.1) is 0 Å². The lowest BCUT2D eigenvalue weighted by molar-refractivity contribution is 0.414. The van der Waals surface area contributed by atoms with Crippen LogP contribution in [0.25, 0.3) is 22.5 Å². The molecule has 4 nitrogen and oxygen atoms in total. The van der Waals surface area contributed by atoms with E-state index in [4.69, 9.17) is 9.47 Å². The third kappa shape index (κ3) is 2.80. The average molecular weight is 312 g/mol. The number of imidazole rings is 1. The van der Waals surface area contributed by atoms with E-state index in [0.29, 0.717) is 5.16 Å². The lowest BCUT2D eigenvalue weighted by Gasteiger charge is -2.06. The second kappa shape index (κ2) is 6.15. The number of aromatic nitrogens is 2. The van der Waals surface area contributed by atoms with Crippen molar-refractivity contribution in [2.75, 3.05) is 14.2 Å². The number of aromatic amines is 1. The molecule has 22 heavy (non-hydrogen) atoms. The van der Waals surface area contributed by atoms with E-state index >= 15 is 0 Å². The molecule has 3 aromatic rings. The summed E-state index contributed by atoms with van der Waals surface area (Å²) in [6.45, 7) is 0. The van der Waals surface area contributed by atoms with Crippen molar-refractivity contribution in [3.05, 3.63) is 48.5 Å². The van der Waals surface area contributed by atoms with E-state index < -0.39 is 0 Å². The fourth-order valence-corrected chi connectivity index (χ4v) is 2.50. The zero-order valence-electron chi connectivity index (χ0n) is 12.3. The standard InChI is InChI=1S/C17H16N2O2S/c1-20-13-7-3-11(4-8-13)15-16(19-17(22)18-15)12-5-9-14(21-2)10-6-12/h3-10H,1-2H3,(H2,18,19,22). The third-order valence-corrected chi connectivity index (χ3v) is 3.65. The fourth-order valence-electron chi connectivity index (χ4n) is 2.29. The quantitative estimate of drug-likeness (QED) is 0.715. The SMILES string of the molecule is COc1ccc(-c2nc(S)[nH]c2-c2ccc(OC)cc2)cc1. The number of H-pyrrole nitrogens is 1. The van der Waals surface area contributed by atoms with Crippen LogP contribution in [0.4, 0.5) is 0 Å². The summed E-state index contributed by atoms with van der Waals surface area (Å²) in [6.07, 6.45) is 0. The van der Waals surface area contributed by atoms with Crippen LogP contribution in [0.5, 0.6) is 11.5 Å². The van der Waals surface area contributed by atoms with Crippen LogP contribution in [0.2, 0.25) is 0 Å². The lowest BCUT2D eigenvalue weighted by Crippen LogP contribution is -1.87. The Morgan fingerprint density at radius 2 is 1.32 bits per heavy atom. The van der Waals surface area contributed by atoms with Crippen molar-refractivity contribution >= 4 is 12.6 Å². The van der Waals surface area contributed by atoms with Crippen molar-refractivity contribution in [2.45, 2.75) is 5.16 Å². The van der Waals surface area contributed by atoms with Gasteiger partial charge in [0.05, 0.1) is 25.6 Å². The summed E-state index contributed by atoms with van der Waals surface area (Å²) in [5, 5.41) is 0.580. The molecule has 2 aromatic carbocycles. The lowest BCUT2D eigenvalue weighted by atomic mass is 10.0. The van der Waals surface area contributed by atoms with Gasteiger partial charge in [0.2, 0.25) is 0 Å². The van der Waals surface area contributed by atoms with Crippen LogP contribution in [-0.2, 0) is 0 Å². The van der Waals surface area contributed by atoms with Gasteiger partial charge < -0.3 is 14.5 Å². The summed E-state index contributed by atoms with van der Waals surface area (Å²) < 4.78 is 10.4. The van der Waals surface area contributed by atoms with E-state index in [9.17, 15) is 0 Å². The summed E-state index contributed by atoms with van der Waals surface area (Å²) in [4.78, 5) is 7.70. The van der Waals surface area contributed by atoms with Gasteiger partial charge in [-0.2, -0.15) is 0 Å². The first-order valence-electron chi connectivity index (χ1n) is 6.79. The molecule has 0 amide bonds. The maximum Gasteiger partial charge on any atom is 0.163 e. The smallest absolute Gasteiger partial charge is 0.163 e. The molecule has 1 heterocycles. The largest absolute Gasteiger partial charge is 0.497 e. The van der Waals surface area contributed by atoms with Gasteiger partial charge in [0, 0.05) is 11.1 Å². The van der Waals surface area contributed by atoms with E-state index in [1.54, 1.807) is 14.2 Å². The fraction of sp³-hybridized carbons (Fsp3) is 0.118. The molecule has 0 saturated carbocycles. The Morgan fingerprint density at radius 3 is 1.82 bits per heavy atom. The van der Waals surface area contributed by atoms with E-state index in [0.717, 1.165) is 34.0 Å². The number of nitrogens with one attached hydrogen (secondary N) is 1. The Labute approximate surface area is 134 Å². The second-order valence-electron chi connectivity index (χ2n) is 4.74. The van der Waals surface area contributed by atoms with Gasteiger partial charge in [-0.3, -0.25) is 0 Å². The van der Waals surface area contributed by atoms with E-state index in [1.807, 2.05) is 48.5 Å². The number of thiol groups is 1. The topological polar surface area (TPSA) is 47.1 Å². The molecule has 0 atom stereocenters. The van der Waals surface area contributed by atoms with E-state index in [1.165, 1.54) is 0 Å². The van der Waals surface area contributed by atoms with Gasteiger partial charge in [-0.15, -0.1) is 12.6 Å².